The Hall–Kier alpha value is -5.01. The molecule has 0 bridgehead atoms. The fraction of sp³-hybridized carbons (Fsp3) is 0.357. The van der Waals surface area contributed by atoms with E-state index in [0.717, 1.165) is 0 Å². The summed E-state index contributed by atoms with van der Waals surface area (Å²) in [5.41, 5.74) is 3.66. The third-order valence-electron chi connectivity index (χ3n) is 9.53. The molecular formula is C42H48F4N2O6Si. The number of hydrogen-bond acceptors (Lipinski definition) is 6. The molecule has 4 aromatic rings. The van der Waals surface area contributed by atoms with Crippen molar-refractivity contribution in [3.8, 4) is 28.0 Å². The Bertz CT molecular complexity index is 1980. The molecule has 1 N–H and O–H groups in total. The molecule has 55 heavy (non-hydrogen) atoms. The van der Waals surface area contributed by atoms with Gasteiger partial charge in [0.15, 0.2) is 14.1 Å². The molecule has 0 unspecified atom stereocenters. The molecule has 13 heteroatoms. The Kier molecular flexibility index (Phi) is 13.7. The molecule has 0 aliphatic heterocycles. The molecule has 0 spiro atoms. The predicted octanol–water partition coefficient (Wildman–Crippen LogP) is 10.3. The third kappa shape index (κ3) is 11.3. The van der Waals surface area contributed by atoms with Crippen molar-refractivity contribution in [3.05, 3.63) is 108 Å². The van der Waals surface area contributed by atoms with Crippen LogP contribution in [-0.2, 0) is 25.3 Å². The molecular weight excluding hydrogens is 733 g/mol. The first-order chi connectivity index (χ1) is 25.7. The molecule has 1 amide bonds. The van der Waals surface area contributed by atoms with Gasteiger partial charge in [-0.3, -0.25) is 14.4 Å². The highest BCUT2D eigenvalue weighted by Crippen LogP contribution is 2.43. The van der Waals surface area contributed by atoms with E-state index in [1.807, 2.05) is 57.3 Å². The molecule has 3 aromatic carbocycles. The number of ketones is 1. The van der Waals surface area contributed by atoms with Gasteiger partial charge >= 0.3 is 12.3 Å². The Morgan fingerprint density at radius 3 is 2.00 bits per heavy atom. The highest BCUT2D eigenvalue weighted by atomic mass is 28.4. The zero-order valence-corrected chi connectivity index (χ0v) is 33.3. The van der Waals surface area contributed by atoms with Gasteiger partial charge < -0.3 is 23.8 Å². The largest absolute Gasteiger partial charge is 0.573 e. The maximum atomic E-state index is 14.4. The van der Waals surface area contributed by atoms with Crippen LogP contribution in [0.25, 0.3) is 28.3 Å². The molecule has 0 aliphatic rings. The van der Waals surface area contributed by atoms with Crippen molar-refractivity contribution in [1.29, 1.82) is 0 Å². The number of benzene rings is 3. The quantitative estimate of drug-likeness (QED) is 0.0559. The standard InChI is InChI=1S/C42H48F4N2O6Si/c1-27(2)48-35(23-20-32(49)24-34(25-36(50)52-6)54-55(7,8)41(3,4)5)37(30-16-18-31(43)19-17-30)38(29-12-10-9-11-13-29)39(48)40(51)47-26-28-14-21-33(22-15-28)53-42(44,45)46/h9-23,27,34H,24-26H2,1-8H3,(H,47,51)/t34-/m1/s1. The number of halogens is 4. The van der Waals surface area contributed by atoms with Crippen LogP contribution in [0.2, 0.25) is 18.1 Å². The number of amides is 1. The van der Waals surface area contributed by atoms with E-state index in [1.54, 1.807) is 22.8 Å². The van der Waals surface area contributed by atoms with E-state index in [9.17, 15) is 31.9 Å². The highest BCUT2D eigenvalue weighted by Gasteiger charge is 2.40. The first-order valence-corrected chi connectivity index (χ1v) is 20.8. The van der Waals surface area contributed by atoms with E-state index in [4.69, 9.17) is 9.16 Å². The van der Waals surface area contributed by atoms with Crippen LogP contribution in [0.5, 0.6) is 5.75 Å². The van der Waals surface area contributed by atoms with Crippen LogP contribution < -0.4 is 10.1 Å². The first-order valence-electron chi connectivity index (χ1n) is 17.9. The molecule has 4 rings (SSSR count). The average molecular weight is 781 g/mol. The maximum Gasteiger partial charge on any atom is 0.573 e. The van der Waals surface area contributed by atoms with E-state index in [1.165, 1.54) is 49.6 Å². The summed E-state index contributed by atoms with van der Waals surface area (Å²) in [5, 5.41) is 2.73. The Morgan fingerprint density at radius 2 is 1.45 bits per heavy atom. The summed E-state index contributed by atoms with van der Waals surface area (Å²) in [4.78, 5) is 40.5. The number of allylic oxidation sites excluding steroid dienone is 1. The number of hydrogen-bond donors (Lipinski definition) is 1. The van der Waals surface area contributed by atoms with Gasteiger partial charge in [0, 0.05) is 30.1 Å². The summed E-state index contributed by atoms with van der Waals surface area (Å²) >= 11 is 0. The van der Waals surface area contributed by atoms with Crippen molar-refractivity contribution < 1.29 is 45.8 Å². The van der Waals surface area contributed by atoms with Crippen LogP contribution in [0.3, 0.4) is 0 Å². The molecule has 0 aliphatic carbocycles. The highest BCUT2D eigenvalue weighted by molar-refractivity contribution is 6.74. The van der Waals surface area contributed by atoms with Gasteiger partial charge in [0.25, 0.3) is 5.91 Å². The average Bonchev–Trinajstić information content (AvgIpc) is 3.45. The number of rotatable bonds is 15. The van der Waals surface area contributed by atoms with Crippen LogP contribution in [0.1, 0.15) is 75.2 Å². The Balaban J connectivity index is 1.83. The minimum atomic E-state index is -4.84. The van der Waals surface area contributed by atoms with Crippen molar-refractivity contribution in [2.24, 2.45) is 0 Å². The van der Waals surface area contributed by atoms with E-state index in [0.29, 0.717) is 33.5 Å². The van der Waals surface area contributed by atoms with Gasteiger partial charge in [-0.15, -0.1) is 13.2 Å². The second-order valence-electron chi connectivity index (χ2n) is 15.0. The lowest BCUT2D eigenvalue weighted by atomic mass is 9.94. The lowest BCUT2D eigenvalue weighted by Crippen LogP contribution is -2.44. The summed E-state index contributed by atoms with van der Waals surface area (Å²) < 4.78 is 69.6. The maximum absolute atomic E-state index is 14.4. The van der Waals surface area contributed by atoms with Crippen molar-refractivity contribution in [3.63, 3.8) is 0 Å². The molecule has 0 radical (unpaired) electrons. The molecule has 0 fully saturated rings. The smallest absolute Gasteiger partial charge is 0.469 e. The van der Waals surface area contributed by atoms with Gasteiger partial charge in [-0.1, -0.05) is 75.4 Å². The predicted molar refractivity (Wildman–Crippen MR) is 207 cm³/mol. The monoisotopic (exact) mass is 780 g/mol. The molecule has 8 nitrogen and oxygen atoms in total. The van der Waals surface area contributed by atoms with Crippen molar-refractivity contribution >= 4 is 32.1 Å². The number of ether oxygens (including phenoxy) is 2. The number of carbonyl (C=O) groups is 3. The molecule has 0 saturated carbocycles. The number of nitrogens with zero attached hydrogens (tertiary/aromatic N) is 1. The second-order valence-corrected chi connectivity index (χ2v) is 19.7. The zero-order chi connectivity index (χ0) is 40.7. The van der Waals surface area contributed by atoms with Crippen molar-refractivity contribution in [1.82, 2.24) is 9.88 Å². The summed E-state index contributed by atoms with van der Waals surface area (Å²) in [5.74, 6) is -2.15. The van der Waals surface area contributed by atoms with Gasteiger partial charge in [0.1, 0.15) is 17.3 Å². The number of carbonyl (C=O) groups excluding carboxylic acids is 3. The van der Waals surface area contributed by atoms with Gasteiger partial charge in [0.2, 0.25) is 0 Å². The Labute approximate surface area is 320 Å². The minimum Gasteiger partial charge on any atom is -0.469 e. The van der Waals surface area contributed by atoms with E-state index in [2.05, 4.69) is 30.8 Å². The van der Waals surface area contributed by atoms with Gasteiger partial charge in [0.05, 0.1) is 25.3 Å². The molecule has 1 atom stereocenters. The van der Waals surface area contributed by atoms with Crippen LogP contribution in [0.4, 0.5) is 17.6 Å². The number of methoxy groups -OCH3 is 1. The molecule has 1 aromatic heterocycles. The van der Waals surface area contributed by atoms with Gasteiger partial charge in [-0.2, -0.15) is 0 Å². The number of nitrogens with one attached hydrogen (secondary N) is 1. The summed E-state index contributed by atoms with van der Waals surface area (Å²) in [6, 6.07) is 19.9. The second kappa shape index (κ2) is 17.6. The summed E-state index contributed by atoms with van der Waals surface area (Å²) in [7, 11) is -1.11. The topological polar surface area (TPSA) is 95.9 Å². The first kappa shape index (κ1) is 42.7. The number of esters is 1. The van der Waals surface area contributed by atoms with E-state index >= 15 is 0 Å². The van der Waals surface area contributed by atoms with Gasteiger partial charge in [-0.05, 0) is 85.1 Å². The lowest BCUT2D eigenvalue weighted by Gasteiger charge is -2.39. The third-order valence-corrected chi connectivity index (χ3v) is 14.1. The van der Waals surface area contributed by atoms with Crippen LogP contribution in [0, 0.1) is 5.82 Å². The van der Waals surface area contributed by atoms with Crippen LogP contribution >= 0.6 is 0 Å². The normalized spacial score (nSPS) is 12.9. The lowest BCUT2D eigenvalue weighted by molar-refractivity contribution is -0.274. The van der Waals surface area contributed by atoms with Gasteiger partial charge in [-0.25, -0.2) is 4.39 Å². The number of alkyl halides is 3. The van der Waals surface area contributed by atoms with E-state index < -0.39 is 38.5 Å². The zero-order valence-electron chi connectivity index (χ0n) is 32.3. The summed E-state index contributed by atoms with van der Waals surface area (Å²) in [6.45, 7) is 14.0. The van der Waals surface area contributed by atoms with E-state index in [-0.39, 0.29) is 47.7 Å². The SMILES string of the molecule is COC(=O)C[C@@H](CC(=O)C=Cc1c(-c2ccc(F)cc2)c(-c2ccccc2)c(C(=O)NCc2ccc(OC(F)(F)F)cc2)n1C(C)C)O[Si](C)(C)C(C)(C)C. The molecule has 0 saturated heterocycles. The minimum absolute atomic E-state index is 0.0199. The van der Waals surface area contributed by atoms with Crippen LogP contribution in [0.15, 0.2) is 84.9 Å². The summed E-state index contributed by atoms with van der Waals surface area (Å²) in [6.07, 6.45) is -2.74. The number of aromatic nitrogens is 1. The van der Waals surface area contributed by atoms with Crippen LogP contribution in [-0.4, -0.2) is 50.1 Å². The molecule has 1 heterocycles. The Morgan fingerprint density at radius 1 is 0.855 bits per heavy atom. The fourth-order valence-electron chi connectivity index (χ4n) is 5.88. The fourth-order valence-corrected chi connectivity index (χ4v) is 7.24. The van der Waals surface area contributed by atoms with Crippen molar-refractivity contribution in [2.45, 2.75) is 90.6 Å². The molecule has 294 valence electrons. The van der Waals surface area contributed by atoms with Crippen molar-refractivity contribution in [2.75, 3.05) is 7.11 Å².